The maximum atomic E-state index is 12.2. The molecule has 0 radical (unpaired) electrons. The molecule has 1 N–H and O–H groups in total. The predicted octanol–water partition coefficient (Wildman–Crippen LogP) is 3.60. The third-order valence-corrected chi connectivity index (χ3v) is 4.27. The van der Waals surface area contributed by atoms with E-state index in [1.165, 1.54) is 6.42 Å². The van der Waals surface area contributed by atoms with Gasteiger partial charge in [0.1, 0.15) is 0 Å². The van der Waals surface area contributed by atoms with Crippen LogP contribution in [0.2, 0.25) is 0 Å². The van der Waals surface area contributed by atoms with Gasteiger partial charge < -0.3 is 5.32 Å². The average Bonchev–Trinajstić information content (AvgIpc) is 2.39. The molecule has 1 aliphatic carbocycles. The van der Waals surface area contributed by atoms with Crippen LogP contribution in [0, 0.1) is 5.92 Å². The molecule has 1 aromatic carbocycles. The molecule has 1 fully saturated rings. The Balaban J connectivity index is 2.08. The largest absolute Gasteiger partial charge is 0.345 e. The summed E-state index contributed by atoms with van der Waals surface area (Å²) in [5, 5.41) is 3.16. The van der Waals surface area contributed by atoms with Crippen LogP contribution in [0.3, 0.4) is 0 Å². The molecule has 1 amide bonds. The minimum absolute atomic E-state index is 0.00894. The van der Waals surface area contributed by atoms with Crippen molar-refractivity contribution in [3.05, 3.63) is 35.9 Å². The summed E-state index contributed by atoms with van der Waals surface area (Å²) in [5.74, 6) is 1.12. The number of halogens is 1. The number of nitrogens with one attached hydrogen (secondary N) is 1. The highest BCUT2D eigenvalue weighted by atomic mass is 35.5. The van der Waals surface area contributed by atoms with E-state index >= 15 is 0 Å². The maximum Gasteiger partial charge on any atom is 0.251 e. The summed E-state index contributed by atoms with van der Waals surface area (Å²) in [7, 11) is 0. The van der Waals surface area contributed by atoms with E-state index in [1.54, 1.807) is 0 Å². The predicted molar refractivity (Wildman–Crippen MR) is 75.0 cm³/mol. The zero-order valence-electron chi connectivity index (χ0n) is 10.8. The molecule has 0 aromatic heterocycles. The number of alkyl halides is 1. The molecule has 0 heterocycles. The van der Waals surface area contributed by atoms with Crippen molar-refractivity contribution in [2.45, 2.75) is 38.1 Å². The second kappa shape index (κ2) is 5.75. The Kier molecular flexibility index (Phi) is 4.28. The normalized spacial score (nSPS) is 27.8. The summed E-state index contributed by atoms with van der Waals surface area (Å²) in [4.78, 5) is 12.2. The fraction of sp³-hybridized carbons (Fsp3) is 0.533. The van der Waals surface area contributed by atoms with Crippen LogP contribution in [0.4, 0.5) is 0 Å². The lowest BCUT2D eigenvalue weighted by atomic mass is 9.77. The number of hydrogen-bond donors (Lipinski definition) is 1. The number of benzene rings is 1. The van der Waals surface area contributed by atoms with Crippen molar-refractivity contribution in [2.24, 2.45) is 5.92 Å². The first-order chi connectivity index (χ1) is 8.65. The molecule has 98 valence electrons. The van der Waals surface area contributed by atoms with Crippen LogP contribution in [0.5, 0.6) is 0 Å². The molecular weight excluding hydrogens is 246 g/mol. The van der Waals surface area contributed by atoms with E-state index in [9.17, 15) is 4.79 Å². The lowest BCUT2D eigenvalue weighted by Gasteiger charge is -2.39. The van der Waals surface area contributed by atoms with Gasteiger partial charge in [-0.25, -0.2) is 0 Å². The maximum absolute atomic E-state index is 12.2. The van der Waals surface area contributed by atoms with Crippen molar-refractivity contribution >= 4 is 17.5 Å². The van der Waals surface area contributed by atoms with Gasteiger partial charge in [-0.3, -0.25) is 4.79 Å². The monoisotopic (exact) mass is 265 g/mol. The molecule has 18 heavy (non-hydrogen) atoms. The second-order valence-corrected chi connectivity index (χ2v) is 5.70. The fourth-order valence-electron chi connectivity index (χ4n) is 2.83. The highest BCUT2D eigenvalue weighted by molar-refractivity contribution is 6.19. The van der Waals surface area contributed by atoms with Gasteiger partial charge in [-0.1, -0.05) is 38.0 Å². The second-order valence-electron chi connectivity index (χ2n) is 5.44. The molecular formula is C15H20ClNO. The quantitative estimate of drug-likeness (QED) is 0.832. The van der Waals surface area contributed by atoms with E-state index in [-0.39, 0.29) is 11.4 Å². The fourth-order valence-corrected chi connectivity index (χ4v) is 3.14. The molecule has 2 atom stereocenters. The van der Waals surface area contributed by atoms with Crippen LogP contribution in [-0.4, -0.2) is 17.3 Å². The first-order valence-corrected chi connectivity index (χ1v) is 7.12. The Morgan fingerprint density at radius 3 is 2.78 bits per heavy atom. The van der Waals surface area contributed by atoms with Gasteiger partial charge in [0.15, 0.2) is 0 Å². The average molecular weight is 266 g/mol. The van der Waals surface area contributed by atoms with Gasteiger partial charge in [0.05, 0.1) is 5.54 Å². The van der Waals surface area contributed by atoms with Gasteiger partial charge in [0.25, 0.3) is 5.91 Å². The minimum Gasteiger partial charge on any atom is -0.345 e. The minimum atomic E-state index is -0.216. The Bertz CT molecular complexity index is 406. The van der Waals surface area contributed by atoms with Crippen molar-refractivity contribution in [3.8, 4) is 0 Å². The van der Waals surface area contributed by atoms with Crippen molar-refractivity contribution in [2.75, 3.05) is 5.88 Å². The summed E-state index contributed by atoms with van der Waals surface area (Å²) in [5.41, 5.74) is 0.492. The van der Waals surface area contributed by atoms with Crippen LogP contribution < -0.4 is 5.32 Å². The van der Waals surface area contributed by atoms with E-state index < -0.39 is 0 Å². The number of carbonyl (C=O) groups excluding carboxylic acids is 1. The van der Waals surface area contributed by atoms with Gasteiger partial charge in [-0.05, 0) is 30.9 Å². The first-order valence-electron chi connectivity index (χ1n) is 6.59. The van der Waals surface area contributed by atoms with Gasteiger partial charge in [0, 0.05) is 11.4 Å². The van der Waals surface area contributed by atoms with E-state index in [2.05, 4.69) is 12.2 Å². The van der Waals surface area contributed by atoms with Crippen LogP contribution in [0.1, 0.15) is 43.0 Å². The highest BCUT2D eigenvalue weighted by Gasteiger charge is 2.35. The van der Waals surface area contributed by atoms with Crippen molar-refractivity contribution < 1.29 is 4.79 Å². The standard InChI is InChI=1S/C15H20ClNO/c1-12-6-5-9-15(10-12,11-16)17-14(18)13-7-3-2-4-8-13/h2-4,7-8,12H,5-6,9-11H2,1H3,(H,17,18). The number of carbonyl (C=O) groups is 1. The lowest BCUT2D eigenvalue weighted by molar-refractivity contribution is 0.0867. The van der Waals surface area contributed by atoms with Crippen LogP contribution >= 0.6 is 11.6 Å². The van der Waals surface area contributed by atoms with Gasteiger partial charge in [-0.2, -0.15) is 0 Å². The molecule has 1 saturated carbocycles. The van der Waals surface area contributed by atoms with E-state index in [4.69, 9.17) is 11.6 Å². The Labute approximate surface area is 114 Å². The lowest BCUT2D eigenvalue weighted by Crippen LogP contribution is -2.52. The van der Waals surface area contributed by atoms with Gasteiger partial charge >= 0.3 is 0 Å². The topological polar surface area (TPSA) is 29.1 Å². The summed E-state index contributed by atoms with van der Waals surface area (Å²) in [6, 6.07) is 9.35. The van der Waals surface area contributed by atoms with Gasteiger partial charge in [0.2, 0.25) is 0 Å². The number of amides is 1. The zero-order chi connectivity index (χ0) is 13.0. The molecule has 1 aliphatic rings. The number of rotatable bonds is 3. The summed E-state index contributed by atoms with van der Waals surface area (Å²) >= 11 is 6.12. The Hall–Kier alpha value is -1.02. The molecule has 0 spiro atoms. The zero-order valence-corrected chi connectivity index (χ0v) is 11.5. The molecule has 2 rings (SSSR count). The molecule has 2 nitrogen and oxygen atoms in total. The summed E-state index contributed by atoms with van der Waals surface area (Å²) in [6.07, 6.45) is 4.34. The highest BCUT2D eigenvalue weighted by Crippen LogP contribution is 2.33. The van der Waals surface area contributed by atoms with Crippen LogP contribution in [0.15, 0.2) is 30.3 Å². The van der Waals surface area contributed by atoms with E-state index in [1.807, 2.05) is 30.3 Å². The smallest absolute Gasteiger partial charge is 0.251 e. The molecule has 2 unspecified atom stereocenters. The van der Waals surface area contributed by atoms with Crippen molar-refractivity contribution in [1.82, 2.24) is 5.32 Å². The third kappa shape index (κ3) is 3.05. The first kappa shape index (κ1) is 13.4. The summed E-state index contributed by atoms with van der Waals surface area (Å²) in [6.45, 7) is 2.23. The van der Waals surface area contributed by atoms with Crippen LogP contribution in [0.25, 0.3) is 0 Å². The van der Waals surface area contributed by atoms with E-state index in [0.717, 1.165) is 19.3 Å². The van der Waals surface area contributed by atoms with Crippen LogP contribution in [-0.2, 0) is 0 Å². The Morgan fingerprint density at radius 2 is 2.17 bits per heavy atom. The molecule has 0 saturated heterocycles. The summed E-state index contributed by atoms with van der Waals surface area (Å²) < 4.78 is 0. The number of hydrogen-bond acceptors (Lipinski definition) is 1. The molecule has 0 aliphatic heterocycles. The van der Waals surface area contributed by atoms with Crippen molar-refractivity contribution in [1.29, 1.82) is 0 Å². The molecule has 3 heteroatoms. The SMILES string of the molecule is CC1CCCC(CCl)(NC(=O)c2ccccc2)C1. The van der Waals surface area contributed by atoms with Gasteiger partial charge in [-0.15, -0.1) is 11.6 Å². The Morgan fingerprint density at radius 1 is 1.44 bits per heavy atom. The third-order valence-electron chi connectivity index (χ3n) is 3.76. The van der Waals surface area contributed by atoms with Crippen molar-refractivity contribution in [3.63, 3.8) is 0 Å². The molecule has 0 bridgehead atoms. The molecule has 1 aromatic rings. The van der Waals surface area contributed by atoms with E-state index in [0.29, 0.717) is 17.4 Å².